The smallest absolute Gasteiger partial charge is 0.0366 e. The Morgan fingerprint density at radius 1 is 0.652 bits per heavy atom. The zero-order valence-corrected chi connectivity index (χ0v) is 17.1. The van der Waals surface area contributed by atoms with Crippen molar-refractivity contribution in [2.75, 3.05) is 18.0 Å². The van der Waals surface area contributed by atoms with E-state index in [1.165, 1.54) is 69.3 Å². The lowest BCUT2D eigenvalue weighted by Gasteiger charge is -2.25. The third-order valence-corrected chi connectivity index (χ3v) is 3.71. The van der Waals surface area contributed by atoms with Crippen molar-refractivity contribution in [2.24, 2.45) is 0 Å². The molecular weight excluding hydrogens is 278 g/mol. The van der Waals surface area contributed by atoms with E-state index in [2.05, 4.69) is 49.9 Å². The van der Waals surface area contributed by atoms with E-state index < -0.39 is 0 Å². The Hall–Kier alpha value is -0.980. The van der Waals surface area contributed by atoms with E-state index in [-0.39, 0.29) is 0 Å². The summed E-state index contributed by atoms with van der Waals surface area (Å²) < 4.78 is 0. The van der Waals surface area contributed by atoms with Gasteiger partial charge in [-0.3, -0.25) is 0 Å². The minimum absolute atomic E-state index is 1.21. The van der Waals surface area contributed by atoms with Crippen LogP contribution in [0.25, 0.3) is 0 Å². The molecule has 0 spiro atoms. The van der Waals surface area contributed by atoms with Crippen LogP contribution in [0, 0.1) is 6.92 Å². The molecule has 0 saturated carbocycles. The van der Waals surface area contributed by atoms with Crippen molar-refractivity contribution < 1.29 is 0 Å². The summed E-state index contributed by atoms with van der Waals surface area (Å²) in [6.45, 7) is 17.1. The number of hydrogen-bond acceptors (Lipinski definition) is 1. The first-order chi connectivity index (χ1) is 11.3. The predicted molar refractivity (Wildman–Crippen MR) is 110 cm³/mol. The zero-order valence-electron chi connectivity index (χ0n) is 17.1. The van der Waals surface area contributed by atoms with Crippen LogP contribution in [-0.2, 0) is 0 Å². The summed E-state index contributed by atoms with van der Waals surface area (Å²) in [6, 6.07) is 9.02. The molecule has 0 fully saturated rings. The van der Waals surface area contributed by atoms with E-state index in [9.17, 15) is 0 Å². The lowest BCUT2D eigenvalue weighted by Crippen LogP contribution is -2.25. The molecule has 0 aliphatic heterocycles. The van der Waals surface area contributed by atoms with Crippen molar-refractivity contribution in [1.29, 1.82) is 0 Å². The highest BCUT2D eigenvalue weighted by molar-refractivity contribution is 5.47. The fraction of sp³-hybridized carbons (Fsp3) is 0.727. The van der Waals surface area contributed by atoms with Crippen molar-refractivity contribution >= 4 is 5.69 Å². The summed E-state index contributed by atoms with van der Waals surface area (Å²) >= 11 is 0. The number of anilines is 1. The van der Waals surface area contributed by atoms with Gasteiger partial charge in [0.2, 0.25) is 0 Å². The van der Waals surface area contributed by atoms with Crippen LogP contribution in [-0.4, -0.2) is 13.1 Å². The van der Waals surface area contributed by atoms with Crippen LogP contribution in [0.3, 0.4) is 0 Å². The summed E-state index contributed by atoms with van der Waals surface area (Å²) in [6.07, 6.45) is 9.35. The highest BCUT2D eigenvalue weighted by Crippen LogP contribution is 2.17. The summed E-state index contributed by atoms with van der Waals surface area (Å²) in [5.74, 6) is 0. The number of unbranched alkanes of at least 4 members (excludes halogenated alkanes) is 5. The second-order valence-corrected chi connectivity index (χ2v) is 5.59. The third-order valence-electron chi connectivity index (χ3n) is 3.71. The topological polar surface area (TPSA) is 3.24 Å². The van der Waals surface area contributed by atoms with Gasteiger partial charge in [0, 0.05) is 18.8 Å². The van der Waals surface area contributed by atoms with Crippen molar-refractivity contribution in [3.05, 3.63) is 29.8 Å². The molecule has 0 aliphatic rings. The van der Waals surface area contributed by atoms with Gasteiger partial charge in [0.05, 0.1) is 0 Å². The van der Waals surface area contributed by atoms with E-state index in [0.717, 1.165) is 0 Å². The van der Waals surface area contributed by atoms with E-state index >= 15 is 0 Å². The SMILES string of the molecule is CC.CC.CCCCCCN(CCCCC)c1ccc(C)cc1. The fourth-order valence-electron chi connectivity index (χ4n) is 2.41. The second kappa shape index (κ2) is 19.1. The molecule has 23 heavy (non-hydrogen) atoms. The zero-order chi connectivity index (χ0) is 17.9. The number of benzene rings is 1. The molecule has 0 N–H and O–H groups in total. The van der Waals surface area contributed by atoms with Gasteiger partial charge in [-0.1, -0.05) is 91.3 Å². The fourth-order valence-corrected chi connectivity index (χ4v) is 2.41. The summed E-state index contributed by atoms with van der Waals surface area (Å²) in [7, 11) is 0. The molecule has 1 aromatic carbocycles. The van der Waals surface area contributed by atoms with Gasteiger partial charge in [0.25, 0.3) is 0 Å². The molecule has 1 nitrogen and oxygen atoms in total. The van der Waals surface area contributed by atoms with Gasteiger partial charge >= 0.3 is 0 Å². The van der Waals surface area contributed by atoms with E-state index in [4.69, 9.17) is 0 Å². The summed E-state index contributed by atoms with van der Waals surface area (Å²) in [5, 5.41) is 0. The number of hydrogen-bond donors (Lipinski definition) is 0. The minimum atomic E-state index is 1.21. The lowest BCUT2D eigenvalue weighted by atomic mass is 10.1. The molecule has 1 heteroatoms. The molecule has 0 heterocycles. The average molecular weight is 322 g/mol. The van der Waals surface area contributed by atoms with E-state index in [1.54, 1.807) is 0 Å². The van der Waals surface area contributed by atoms with Crippen molar-refractivity contribution in [3.8, 4) is 0 Å². The van der Waals surface area contributed by atoms with Crippen LogP contribution in [0.15, 0.2) is 24.3 Å². The summed E-state index contributed by atoms with van der Waals surface area (Å²) in [4.78, 5) is 2.57. The molecule has 0 radical (unpaired) electrons. The third kappa shape index (κ3) is 13.2. The van der Waals surface area contributed by atoms with Crippen LogP contribution in [0.5, 0.6) is 0 Å². The maximum absolute atomic E-state index is 2.57. The van der Waals surface area contributed by atoms with E-state index in [1.807, 2.05) is 27.7 Å². The molecule has 136 valence electrons. The Labute approximate surface area is 147 Å². The molecule has 0 aromatic heterocycles. The maximum Gasteiger partial charge on any atom is 0.0366 e. The van der Waals surface area contributed by atoms with Crippen LogP contribution in [0.2, 0.25) is 0 Å². The van der Waals surface area contributed by atoms with Gasteiger partial charge in [-0.15, -0.1) is 0 Å². The first-order valence-corrected chi connectivity index (χ1v) is 10.1. The maximum atomic E-state index is 2.57. The normalized spacial score (nSPS) is 9.35. The molecular formula is C22H43N. The van der Waals surface area contributed by atoms with Gasteiger partial charge in [-0.2, -0.15) is 0 Å². The Bertz CT molecular complexity index is 315. The molecule has 0 unspecified atom stereocenters. The Morgan fingerprint density at radius 3 is 1.57 bits per heavy atom. The predicted octanol–water partition coefficient (Wildman–Crippen LogP) is 7.62. The monoisotopic (exact) mass is 321 g/mol. The molecule has 0 aliphatic carbocycles. The molecule has 0 bridgehead atoms. The van der Waals surface area contributed by atoms with Crippen molar-refractivity contribution in [3.63, 3.8) is 0 Å². The number of rotatable bonds is 10. The quantitative estimate of drug-likeness (QED) is 0.400. The molecule has 1 aromatic rings. The molecule has 1 rings (SSSR count). The first-order valence-electron chi connectivity index (χ1n) is 10.1. The van der Waals surface area contributed by atoms with Gasteiger partial charge in [-0.25, -0.2) is 0 Å². The van der Waals surface area contributed by atoms with Crippen LogP contribution >= 0.6 is 0 Å². The van der Waals surface area contributed by atoms with Crippen molar-refractivity contribution in [1.82, 2.24) is 0 Å². The molecule has 0 amide bonds. The van der Waals surface area contributed by atoms with Crippen LogP contribution < -0.4 is 4.90 Å². The van der Waals surface area contributed by atoms with Gasteiger partial charge in [0.15, 0.2) is 0 Å². The highest BCUT2D eigenvalue weighted by Gasteiger charge is 2.05. The largest absolute Gasteiger partial charge is 0.372 e. The van der Waals surface area contributed by atoms with Gasteiger partial charge in [0.1, 0.15) is 0 Å². The average Bonchev–Trinajstić information content (AvgIpc) is 2.61. The van der Waals surface area contributed by atoms with Gasteiger partial charge in [-0.05, 0) is 31.9 Å². The van der Waals surface area contributed by atoms with Gasteiger partial charge < -0.3 is 4.90 Å². The second-order valence-electron chi connectivity index (χ2n) is 5.59. The first kappa shape index (κ1) is 24.3. The lowest BCUT2D eigenvalue weighted by molar-refractivity contribution is 0.620. The molecule has 0 atom stereocenters. The Morgan fingerprint density at radius 2 is 1.09 bits per heavy atom. The summed E-state index contributed by atoms with van der Waals surface area (Å²) in [5.41, 5.74) is 2.75. The highest BCUT2D eigenvalue weighted by atomic mass is 15.1. The Kier molecular flexibility index (Phi) is 20.1. The Balaban J connectivity index is 0. The van der Waals surface area contributed by atoms with Crippen molar-refractivity contribution in [2.45, 2.75) is 93.4 Å². The standard InChI is InChI=1S/C18H31N.2C2H6/c1-4-6-8-10-16-19(15-9-7-5-2)18-13-11-17(3)12-14-18;2*1-2/h11-14H,4-10,15-16H2,1-3H3;2*1-2H3. The van der Waals surface area contributed by atoms with E-state index in [0.29, 0.717) is 0 Å². The molecule has 0 saturated heterocycles. The minimum Gasteiger partial charge on any atom is -0.372 e. The number of nitrogens with zero attached hydrogens (tertiary/aromatic N) is 1. The number of aryl methyl sites for hydroxylation is 1. The van der Waals surface area contributed by atoms with Crippen LogP contribution in [0.4, 0.5) is 5.69 Å². The van der Waals surface area contributed by atoms with Crippen LogP contribution in [0.1, 0.15) is 92.1 Å².